The van der Waals surface area contributed by atoms with E-state index >= 15 is 0 Å². The lowest BCUT2D eigenvalue weighted by Gasteiger charge is -2.23. The van der Waals surface area contributed by atoms with E-state index in [1.54, 1.807) is 7.05 Å². The summed E-state index contributed by atoms with van der Waals surface area (Å²) in [7, 11) is -1.51. The standard InChI is InChI=1S/C13H16F2N2O3S/c1-17(10-4-5-21(19,20)8-10)13(18)7-16-9-2-3-11(14)12(15)6-9/h2-3,6,10,16H,4-5,7-8H2,1H3. The second-order valence-corrected chi connectivity index (χ2v) is 7.27. The molecule has 1 aliphatic heterocycles. The molecular weight excluding hydrogens is 302 g/mol. The van der Waals surface area contributed by atoms with Crippen molar-refractivity contribution in [1.82, 2.24) is 4.90 Å². The number of nitrogens with one attached hydrogen (secondary N) is 1. The quantitative estimate of drug-likeness (QED) is 0.900. The van der Waals surface area contributed by atoms with Gasteiger partial charge in [0, 0.05) is 24.8 Å². The molecule has 0 saturated carbocycles. The first-order valence-electron chi connectivity index (χ1n) is 6.43. The zero-order valence-electron chi connectivity index (χ0n) is 11.5. The second-order valence-electron chi connectivity index (χ2n) is 5.04. The summed E-state index contributed by atoms with van der Waals surface area (Å²) < 4.78 is 48.6. The number of nitrogens with zero attached hydrogens (tertiary/aromatic N) is 1. The molecule has 0 bridgehead atoms. The molecule has 1 unspecified atom stereocenters. The first-order chi connectivity index (χ1) is 9.78. The summed E-state index contributed by atoms with van der Waals surface area (Å²) in [4.78, 5) is 13.4. The Hall–Kier alpha value is -1.70. The summed E-state index contributed by atoms with van der Waals surface area (Å²) >= 11 is 0. The number of benzene rings is 1. The highest BCUT2D eigenvalue weighted by Crippen LogP contribution is 2.17. The molecule has 1 fully saturated rings. The largest absolute Gasteiger partial charge is 0.376 e. The van der Waals surface area contributed by atoms with Crippen LogP contribution in [0.25, 0.3) is 0 Å². The number of carbonyl (C=O) groups excluding carboxylic acids is 1. The third-order valence-corrected chi connectivity index (χ3v) is 5.26. The van der Waals surface area contributed by atoms with Crippen molar-refractivity contribution < 1.29 is 22.0 Å². The summed E-state index contributed by atoms with van der Waals surface area (Å²) in [6.07, 6.45) is 0.426. The topological polar surface area (TPSA) is 66.5 Å². The average Bonchev–Trinajstić information content (AvgIpc) is 2.79. The Bertz CT molecular complexity index is 649. The lowest BCUT2D eigenvalue weighted by molar-refractivity contribution is -0.129. The van der Waals surface area contributed by atoms with Crippen LogP contribution >= 0.6 is 0 Å². The Morgan fingerprint density at radius 2 is 2.10 bits per heavy atom. The molecule has 1 aliphatic rings. The van der Waals surface area contributed by atoms with Gasteiger partial charge in [-0.3, -0.25) is 4.79 Å². The van der Waals surface area contributed by atoms with E-state index in [0.29, 0.717) is 6.42 Å². The Labute approximate surface area is 121 Å². The average molecular weight is 318 g/mol. The fraction of sp³-hybridized carbons (Fsp3) is 0.462. The van der Waals surface area contributed by atoms with Crippen molar-refractivity contribution in [2.75, 3.05) is 30.4 Å². The van der Waals surface area contributed by atoms with Crippen LogP contribution in [0.4, 0.5) is 14.5 Å². The number of hydrogen-bond donors (Lipinski definition) is 1. The smallest absolute Gasteiger partial charge is 0.241 e. The fourth-order valence-corrected chi connectivity index (χ4v) is 3.97. The van der Waals surface area contributed by atoms with Gasteiger partial charge in [0.15, 0.2) is 21.5 Å². The van der Waals surface area contributed by atoms with E-state index in [1.807, 2.05) is 0 Å². The van der Waals surface area contributed by atoms with Crippen LogP contribution in [0.15, 0.2) is 18.2 Å². The maximum absolute atomic E-state index is 13.0. The van der Waals surface area contributed by atoms with E-state index in [2.05, 4.69) is 5.32 Å². The van der Waals surface area contributed by atoms with Gasteiger partial charge in [-0.1, -0.05) is 0 Å². The van der Waals surface area contributed by atoms with Crippen molar-refractivity contribution in [2.45, 2.75) is 12.5 Å². The molecule has 1 aromatic rings. The van der Waals surface area contributed by atoms with Gasteiger partial charge in [-0.05, 0) is 18.6 Å². The SMILES string of the molecule is CN(C(=O)CNc1ccc(F)c(F)c1)C1CCS(=O)(=O)C1. The van der Waals surface area contributed by atoms with Crippen LogP contribution in [0, 0.1) is 11.6 Å². The number of halogens is 2. The van der Waals surface area contributed by atoms with Gasteiger partial charge in [-0.15, -0.1) is 0 Å². The molecule has 1 saturated heterocycles. The Kier molecular flexibility index (Phi) is 4.46. The van der Waals surface area contributed by atoms with Gasteiger partial charge in [0.1, 0.15) is 0 Å². The Morgan fingerprint density at radius 3 is 2.67 bits per heavy atom. The molecule has 116 valence electrons. The molecule has 1 amide bonds. The maximum Gasteiger partial charge on any atom is 0.241 e. The molecule has 2 rings (SSSR count). The highest BCUT2D eigenvalue weighted by molar-refractivity contribution is 7.91. The van der Waals surface area contributed by atoms with Crippen molar-refractivity contribution in [1.29, 1.82) is 0 Å². The zero-order chi connectivity index (χ0) is 15.6. The van der Waals surface area contributed by atoms with E-state index in [-0.39, 0.29) is 35.7 Å². The van der Waals surface area contributed by atoms with E-state index in [4.69, 9.17) is 0 Å². The molecule has 5 nitrogen and oxygen atoms in total. The van der Waals surface area contributed by atoms with Crippen molar-refractivity contribution in [3.05, 3.63) is 29.8 Å². The highest BCUT2D eigenvalue weighted by atomic mass is 32.2. The minimum Gasteiger partial charge on any atom is -0.376 e. The monoisotopic (exact) mass is 318 g/mol. The Balaban J connectivity index is 1.91. The summed E-state index contributed by atoms with van der Waals surface area (Å²) in [5, 5.41) is 2.69. The number of hydrogen-bond acceptors (Lipinski definition) is 4. The molecule has 1 aromatic carbocycles. The predicted molar refractivity (Wildman–Crippen MR) is 74.7 cm³/mol. The molecule has 1 N–H and O–H groups in total. The molecule has 8 heteroatoms. The molecule has 1 heterocycles. The number of carbonyl (C=O) groups is 1. The van der Waals surface area contributed by atoms with E-state index in [9.17, 15) is 22.0 Å². The fourth-order valence-electron chi connectivity index (χ4n) is 2.19. The minimum atomic E-state index is -3.06. The van der Waals surface area contributed by atoms with Crippen LogP contribution in [-0.2, 0) is 14.6 Å². The van der Waals surface area contributed by atoms with Crippen LogP contribution in [0.2, 0.25) is 0 Å². The van der Waals surface area contributed by atoms with Crippen LogP contribution in [0.5, 0.6) is 0 Å². The first-order valence-corrected chi connectivity index (χ1v) is 8.25. The van der Waals surface area contributed by atoms with Gasteiger partial charge in [-0.2, -0.15) is 0 Å². The molecule has 0 radical (unpaired) electrons. The highest BCUT2D eigenvalue weighted by Gasteiger charge is 2.32. The van der Waals surface area contributed by atoms with Gasteiger partial charge >= 0.3 is 0 Å². The third-order valence-electron chi connectivity index (χ3n) is 3.51. The van der Waals surface area contributed by atoms with Gasteiger partial charge in [-0.25, -0.2) is 17.2 Å². The zero-order valence-corrected chi connectivity index (χ0v) is 12.3. The van der Waals surface area contributed by atoms with Crippen molar-refractivity contribution in [2.24, 2.45) is 0 Å². The molecular formula is C13H16F2N2O3S. The van der Waals surface area contributed by atoms with Gasteiger partial charge in [0.25, 0.3) is 0 Å². The summed E-state index contributed by atoms with van der Waals surface area (Å²) in [6.45, 7) is -0.113. The molecule has 21 heavy (non-hydrogen) atoms. The van der Waals surface area contributed by atoms with Crippen LogP contribution in [0.3, 0.4) is 0 Å². The summed E-state index contributed by atoms with van der Waals surface area (Å²) in [5.74, 6) is -2.20. The van der Waals surface area contributed by atoms with Gasteiger partial charge < -0.3 is 10.2 Å². The van der Waals surface area contributed by atoms with Crippen molar-refractivity contribution in [3.8, 4) is 0 Å². The molecule has 0 spiro atoms. The molecule has 1 atom stereocenters. The number of likely N-dealkylation sites (N-methyl/N-ethyl adjacent to an activating group) is 1. The second kappa shape index (κ2) is 5.97. The molecule has 0 aromatic heterocycles. The van der Waals surface area contributed by atoms with E-state index < -0.39 is 21.5 Å². The minimum absolute atomic E-state index is 0.0274. The number of amides is 1. The van der Waals surface area contributed by atoms with Crippen LogP contribution < -0.4 is 5.32 Å². The van der Waals surface area contributed by atoms with Crippen molar-refractivity contribution in [3.63, 3.8) is 0 Å². The van der Waals surface area contributed by atoms with E-state index in [1.165, 1.54) is 11.0 Å². The predicted octanol–water partition coefficient (Wildman–Crippen LogP) is 1.02. The lowest BCUT2D eigenvalue weighted by Crippen LogP contribution is -2.40. The van der Waals surface area contributed by atoms with Crippen molar-refractivity contribution >= 4 is 21.4 Å². The number of rotatable bonds is 4. The number of sulfone groups is 1. The first kappa shape index (κ1) is 15.7. The molecule has 0 aliphatic carbocycles. The Morgan fingerprint density at radius 1 is 1.38 bits per heavy atom. The van der Waals surface area contributed by atoms with Crippen LogP contribution in [0.1, 0.15) is 6.42 Å². The number of anilines is 1. The third kappa shape index (κ3) is 3.90. The maximum atomic E-state index is 13.0. The van der Waals surface area contributed by atoms with Crippen LogP contribution in [-0.4, -0.2) is 50.4 Å². The van der Waals surface area contributed by atoms with Gasteiger partial charge in [0.05, 0.1) is 18.1 Å². The van der Waals surface area contributed by atoms with Gasteiger partial charge in [0.2, 0.25) is 5.91 Å². The summed E-state index contributed by atoms with van der Waals surface area (Å²) in [6, 6.07) is 2.93. The lowest BCUT2D eigenvalue weighted by atomic mass is 10.2. The normalized spacial score (nSPS) is 20.2. The van der Waals surface area contributed by atoms with E-state index in [0.717, 1.165) is 12.1 Å². The summed E-state index contributed by atoms with van der Waals surface area (Å²) in [5.41, 5.74) is 0.287.